The Labute approximate surface area is 183 Å². The molecule has 0 saturated carbocycles. The summed E-state index contributed by atoms with van der Waals surface area (Å²) in [4.78, 5) is 11.7. The maximum absolute atomic E-state index is 12.4. The third-order valence-corrected chi connectivity index (χ3v) is 6.16. The minimum absolute atomic E-state index is 0.589. The predicted molar refractivity (Wildman–Crippen MR) is 121 cm³/mol. The number of rotatable bonds is 7. The Bertz CT molecular complexity index is 1100. The smallest absolute Gasteiger partial charge is 0.145 e. The van der Waals surface area contributed by atoms with Gasteiger partial charge in [-0.1, -0.05) is 0 Å². The van der Waals surface area contributed by atoms with Crippen molar-refractivity contribution < 1.29 is 18.4 Å². The Morgan fingerprint density at radius 3 is 2.61 bits per heavy atom. The van der Waals surface area contributed by atoms with E-state index in [-0.39, 0.29) is 0 Å². The second kappa shape index (κ2) is 9.46. The highest BCUT2D eigenvalue weighted by Gasteiger charge is 2.19. The van der Waals surface area contributed by atoms with Gasteiger partial charge in [-0.2, -0.15) is 0 Å². The number of hydrogen-bond acceptors (Lipinski definition) is 8. The number of anilines is 3. The molecule has 0 spiro atoms. The average Bonchev–Trinajstić information content (AvgIpc) is 2.83. The van der Waals surface area contributed by atoms with Crippen LogP contribution in [0.4, 0.5) is 17.2 Å². The summed E-state index contributed by atoms with van der Waals surface area (Å²) >= 11 is 0. The number of benzene rings is 2. The SMILES string of the molecule is CNS(=O)c1ccc(N2CCOCC2)c(Nc2ncnc3cc(OC)cc(OC)c23)c1. The van der Waals surface area contributed by atoms with Crippen molar-refractivity contribution in [1.82, 2.24) is 14.7 Å². The monoisotopic (exact) mass is 443 g/mol. The van der Waals surface area contributed by atoms with Crippen molar-refractivity contribution in [3.8, 4) is 11.5 Å². The van der Waals surface area contributed by atoms with Gasteiger partial charge in [0, 0.05) is 25.2 Å². The lowest BCUT2D eigenvalue weighted by Gasteiger charge is -2.31. The first-order valence-electron chi connectivity index (χ1n) is 9.84. The van der Waals surface area contributed by atoms with Crippen LogP contribution in [-0.4, -0.2) is 61.7 Å². The van der Waals surface area contributed by atoms with Gasteiger partial charge in [0.1, 0.15) is 34.6 Å². The molecular formula is C21H25N5O4S. The van der Waals surface area contributed by atoms with Crippen LogP contribution < -0.4 is 24.4 Å². The van der Waals surface area contributed by atoms with Gasteiger partial charge < -0.3 is 24.4 Å². The van der Waals surface area contributed by atoms with Gasteiger partial charge in [0.15, 0.2) is 0 Å². The fourth-order valence-electron chi connectivity index (χ4n) is 3.56. The molecule has 1 unspecified atom stereocenters. The minimum Gasteiger partial charge on any atom is -0.497 e. The number of ether oxygens (including phenoxy) is 3. The standard InChI is InChI=1S/C21H25N5O4S/c1-22-31(27)15-4-5-18(26-6-8-30-9-7-26)16(12-15)25-21-20-17(23-13-24-21)10-14(28-2)11-19(20)29-3/h4-5,10-13,22H,6-9H2,1-3H3,(H,23,24,25). The van der Waals surface area contributed by atoms with Gasteiger partial charge in [0.05, 0.1) is 54.6 Å². The molecule has 1 aromatic heterocycles. The van der Waals surface area contributed by atoms with E-state index in [0.717, 1.165) is 29.9 Å². The first-order valence-corrected chi connectivity index (χ1v) is 11.0. The average molecular weight is 444 g/mol. The van der Waals surface area contributed by atoms with Crippen LogP contribution in [-0.2, 0) is 15.7 Å². The minimum atomic E-state index is -1.32. The highest BCUT2D eigenvalue weighted by atomic mass is 32.2. The largest absolute Gasteiger partial charge is 0.497 e. The van der Waals surface area contributed by atoms with E-state index in [0.29, 0.717) is 40.9 Å². The Morgan fingerprint density at radius 2 is 1.90 bits per heavy atom. The number of methoxy groups -OCH3 is 2. The Kier molecular flexibility index (Phi) is 6.50. The van der Waals surface area contributed by atoms with Crippen molar-refractivity contribution >= 4 is 39.1 Å². The third kappa shape index (κ3) is 4.41. The molecule has 0 amide bonds. The second-order valence-corrected chi connectivity index (χ2v) is 8.24. The van der Waals surface area contributed by atoms with Crippen molar-refractivity contribution in [3.63, 3.8) is 0 Å². The molecular weight excluding hydrogens is 418 g/mol. The molecule has 1 aliphatic heterocycles. The lowest BCUT2D eigenvalue weighted by atomic mass is 10.1. The van der Waals surface area contributed by atoms with E-state index in [9.17, 15) is 4.21 Å². The normalized spacial score (nSPS) is 15.0. The van der Waals surface area contributed by atoms with Gasteiger partial charge in [-0.05, 0) is 25.2 Å². The van der Waals surface area contributed by atoms with Crippen molar-refractivity contribution in [3.05, 3.63) is 36.7 Å². The molecule has 0 bridgehead atoms. The zero-order valence-electron chi connectivity index (χ0n) is 17.7. The van der Waals surface area contributed by atoms with E-state index < -0.39 is 11.0 Å². The molecule has 1 saturated heterocycles. The molecule has 0 aliphatic carbocycles. The van der Waals surface area contributed by atoms with E-state index in [4.69, 9.17) is 14.2 Å². The maximum atomic E-state index is 12.4. The van der Waals surface area contributed by atoms with Crippen molar-refractivity contribution in [2.24, 2.45) is 0 Å². The third-order valence-electron chi connectivity index (χ3n) is 5.10. The Morgan fingerprint density at radius 1 is 1.10 bits per heavy atom. The van der Waals surface area contributed by atoms with Crippen LogP contribution in [0.1, 0.15) is 0 Å². The Balaban J connectivity index is 1.82. The molecule has 1 atom stereocenters. The molecule has 1 fully saturated rings. The van der Waals surface area contributed by atoms with Crippen LogP contribution in [0, 0.1) is 0 Å². The summed E-state index contributed by atoms with van der Waals surface area (Å²) < 4.78 is 31.6. The van der Waals surface area contributed by atoms with Gasteiger partial charge in [0.2, 0.25) is 0 Å². The molecule has 0 radical (unpaired) electrons. The molecule has 2 aromatic carbocycles. The lowest BCUT2D eigenvalue weighted by molar-refractivity contribution is 0.123. The van der Waals surface area contributed by atoms with Crippen molar-refractivity contribution in [2.45, 2.75) is 4.90 Å². The molecule has 2 heterocycles. The zero-order chi connectivity index (χ0) is 21.8. The number of fused-ring (bicyclic) bond motifs is 1. The van der Waals surface area contributed by atoms with Crippen molar-refractivity contribution in [1.29, 1.82) is 0 Å². The molecule has 2 N–H and O–H groups in total. The molecule has 164 valence electrons. The highest BCUT2D eigenvalue weighted by Crippen LogP contribution is 2.37. The summed E-state index contributed by atoms with van der Waals surface area (Å²) in [5, 5.41) is 4.16. The summed E-state index contributed by atoms with van der Waals surface area (Å²) in [5.74, 6) is 1.83. The summed E-state index contributed by atoms with van der Waals surface area (Å²) in [5.41, 5.74) is 2.47. The number of morpholine rings is 1. The predicted octanol–water partition coefficient (Wildman–Crippen LogP) is 2.47. The summed E-state index contributed by atoms with van der Waals surface area (Å²) in [6, 6.07) is 9.35. The molecule has 9 nitrogen and oxygen atoms in total. The number of aromatic nitrogens is 2. The molecule has 31 heavy (non-hydrogen) atoms. The van der Waals surface area contributed by atoms with Crippen LogP contribution >= 0.6 is 0 Å². The summed E-state index contributed by atoms with van der Waals surface area (Å²) in [7, 11) is 3.54. The number of hydrogen-bond donors (Lipinski definition) is 2. The molecule has 1 aliphatic rings. The number of nitrogens with one attached hydrogen (secondary N) is 2. The topological polar surface area (TPSA) is 97.8 Å². The summed E-state index contributed by atoms with van der Waals surface area (Å²) in [6.45, 7) is 2.86. The van der Waals surface area contributed by atoms with Crippen LogP contribution in [0.2, 0.25) is 0 Å². The van der Waals surface area contributed by atoms with Gasteiger partial charge in [-0.15, -0.1) is 0 Å². The quantitative estimate of drug-likeness (QED) is 0.575. The van der Waals surface area contributed by atoms with Crippen LogP contribution in [0.25, 0.3) is 10.9 Å². The van der Waals surface area contributed by atoms with Crippen LogP contribution in [0.3, 0.4) is 0 Å². The van der Waals surface area contributed by atoms with Crippen LogP contribution in [0.15, 0.2) is 41.6 Å². The number of nitrogens with zero attached hydrogens (tertiary/aromatic N) is 3. The van der Waals surface area contributed by atoms with Gasteiger partial charge in [0.25, 0.3) is 0 Å². The second-order valence-electron chi connectivity index (χ2n) is 6.82. The fraction of sp³-hybridized carbons (Fsp3) is 0.333. The van der Waals surface area contributed by atoms with Gasteiger partial charge in [-0.3, -0.25) is 0 Å². The van der Waals surface area contributed by atoms with E-state index >= 15 is 0 Å². The Hall–Kier alpha value is -2.95. The van der Waals surface area contributed by atoms with Gasteiger partial charge in [-0.25, -0.2) is 18.9 Å². The maximum Gasteiger partial charge on any atom is 0.145 e. The van der Waals surface area contributed by atoms with Gasteiger partial charge >= 0.3 is 0 Å². The first-order chi connectivity index (χ1) is 15.1. The fourth-order valence-corrected chi connectivity index (χ4v) is 4.21. The molecule has 3 aromatic rings. The summed E-state index contributed by atoms with van der Waals surface area (Å²) in [6.07, 6.45) is 1.49. The molecule has 10 heteroatoms. The van der Waals surface area contributed by atoms with E-state index in [1.165, 1.54) is 6.33 Å². The van der Waals surface area contributed by atoms with Crippen LogP contribution in [0.5, 0.6) is 11.5 Å². The first kappa shape index (κ1) is 21.3. The van der Waals surface area contributed by atoms with E-state index in [2.05, 4.69) is 24.9 Å². The van der Waals surface area contributed by atoms with Crippen molar-refractivity contribution in [2.75, 3.05) is 57.8 Å². The van der Waals surface area contributed by atoms with E-state index in [1.807, 2.05) is 24.3 Å². The highest BCUT2D eigenvalue weighted by molar-refractivity contribution is 7.83. The van der Waals surface area contributed by atoms with E-state index in [1.54, 1.807) is 27.3 Å². The molecule has 4 rings (SSSR count). The zero-order valence-corrected chi connectivity index (χ0v) is 18.5. The lowest BCUT2D eigenvalue weighted by Crippen LogP contribution is -2.36.